The molecule has 0 amide bonds. The first kappa shape index (κ1) is 27.2. The lowest BCUT2D eigenvalue weighted by molar-refractivity contribution is 0.158. The van der Waals surface area contributed by atoms with Crippen molar-refractivity contribution in [1.29, 1.82) is 0 Å². The van der Waals surface area contributed by atoms with Gasteiger partial charge < -0.3 is 19.5 Å². The van der Waals surface area contributed by atoms with Crippen LogP contribution in [0.1, 0.15) is 80.9 Å². The zero-order chi connectivity index (χ0) is 30.1. The molecule has 4 aliphatic rings. The number of benzene rings is 4. The van der Waals surface area contributed by atoms with Crippen LogP contribution in [0, 0.1) is 0 Å². The van der Waals surface area contributed by atoms with E-state index in [4.69, 9.17) is 4.74 Å². The number of hydrogen-bond donors (Lipinski definition) is 1. The summed E-state index contributed by atoms with van der Waals surface area (Å²) in [6.07, 6.45) is 13.2. The number of aromatic amines is 1. The normalized spacial score (nSPS) is 18.6. The molecule has 1 aromatic heterocycles. The molecule has 2 saturated carbocycles. The molecule has 228 valence electrons. The third-order valence-electron chi connectivity index (χ3n) is 11.6. The van der Waals surface area contributed by atoms with Crippen LogP contribution in [-0.2, 0) is 5.60 Å². The minimum absolute atomic E-state index is 0.605. The van der Waals surface area contributed by atoms with Gasteiger partial charge in [0.25, 0.3) is 0 Å². The first-order valence-corrected chi connectivity index (χ1v) is 17.3. The Kier molecular flexibility index (Phi) is 6.30. The number of aromatic nitrogens is 1. The Bertz CT molecular complexity index is 1830. The van der Waals surface area contributed by atoms with Crippen LogP contribution in [0.4, 0.5) is 11.4 Å². The Morgan fingerprint density at radius 1 is 0.622 bits per heavy atom. The quantitative estimate of drug-likeness (QED) is 0.225. The van der Waals surface area contributed by atoms with Crippen molar-refractivity contribution in [2.75, 3.05) is 23.9 Å². The molecule has 4 nitrogen and oxygen atoms in total. The smallest absolute Gasteiger partial charge is 0.188 e. The van der Waals surface area contributed by atoms with E-state index >= 15 is 0 Å². The number of para-hydroxylation sites is 2. The number of rotatable bonds is 4. The highest BCUT2D eigenvalue weighted by Gasteiger charge is 2.52. The predicted octanol–water partition coefficient (Wildman–Crippen LogP) is 10.0. The molecule has 0 saturated heterocycles. The van der Waals surface area contributed by atoms with E-state index in [1.165, 1.54) is 114 Å². The van der Waals surface area contributed by atoms with Gasteiger partial charge in [0, 0.05) is 70.7 Å². The highest BCUT2D eigenvalue weighted by Crippen LogP contribution is 2.61. The minimum Gasteiger partial charge on any atom is -0.472 e. The summed E-state index contributed by atoms with van der Waals surface area (Å²) >= 11 is 0. The van der Waals surface area contributed by atoms with Crippen molar-refractivity contribution in [3.05, 3.63) is 102 Å². The molecule has 45 heavy (non-hydrogen) atoms. The van der Waals surface area contributed by atoms with Crippen LogP contribution in [-0.4, -0.2) is 31.2 Å². The standard InChI is InChI=1S/C41H43N3O/c1-43(27-13-5-3-6-14-27)29-21-23-35-33(25-29)34-26-30(44(2)28-15-7-4-8-16-28)22-24-36(34)41(35)39-31-17-9-11-19-37(31)42-40(39)32-18-10-12-20-38(32)45-41/h9-12,17-28,42H,3-8,13-16H2,1-2H3. The van der Waals surface area contributed by atoms with Gasteiger partial charge in [-0.15, -0.1) is 0 Å². The minimum atomic E-state index is -0.738. The maximum absolute atomic E-state index is 7.41. The summed E-state index contributed by atoms with van der Waals surface area (Å²) < 4.78 is 7.41. The van der Waals surface area contributed by atoms with Crippen LogP contribution < -0.4 is 14.5 Å². The largest absolute Gasteiger partial charge is 0.472 e. The van der Waals surface area contributed by atoms with Gasteiger partial charge in [0.05, 0.1) is 5.69 Å². The van der Waals surface area contributed by atoms with Crippen molar-refractivity contribution in [2.24, 2.45) is 0 Å². The number of fused-ring (bicyclic) bond motifs is 11. The Labute approximate surface area is 267 Å². The van der Waals surface area contributed by atoms with Gasteiger partial charge in [-0.3, -0.25) is 0 Å². The van der Waals surface area contributed by atoms with Crippen molar-refractivity contribution in [3.63, 3.8) is 0 Å². The molecule has 0 radical (unpaired) electrons. The van der Waals surface area contributed by atoms with E-state index in [0.717, 1.165) is 16.8 Å². The zero-order valence-electron chi connectivity index (χ0n) is 26.6. The summed E-state index contributed by atoms with van der Waals surface area (Å²) in [5.41, 5.74) is 11.7. The highest BCUT2D eigenvalue weighted by atomic mass is 16.5. The van der Waals surface area contributed by atoms with Crippen molar-refractivity contribution >= 4 is 22.3 Å². The Hall–Kier alpha value is -4.18. The summed E-state index contributed by atoms with van der Waals surface area (Å²) in [4.78, 5) is 8.94. The number of anilines is 2. The fourth-order valence-corrected chi connectivity index (χ4v) is 9.13. The average Bonchev–Trinajstić information content (AvgIpc) is 3.63. The predicted molar refractivity (Wildman–Crippen MR) is 187 cm³/mol. The van der Waals surface area contributed by atoms with Gasteiger partial charge in [-0.2, -0.15) is 0 Å². The highest BCUT2D eigenvalue weighted by molar-refractivity contribution is 5.99. The van der Waals surface area contributed by atoms with Crippen LogP contribution in [0.5, 0.6) is 5.75 Å². The van der Waals surface area contributed by atoms with E-state index in [9.17, 15) is 0 Å². The third-order valence-corrected chi connectivity index (χ3v) is 11.6. The molecule has 1 N–H and O–H groups in total. The Morgan fingerprint density at radius 3 is 1.80 bits per heavy atom. The molecule has 3 aliphatic carbocycles. The van der Waals surface area contributed by atoms with Crippen LogP contribution in [0.25, 0.3) is 33.3 Å². The molecule has 1 spiro atoms. The van der Waals surface area contributed by atoms with Crippen LogP contribution >= 0.6 is 0 Å². The second-order valence-corrected chi connectivity index (χ2v) is 14.0. The number of nitrogens with zero attached hydrogens (tertiary/aromatic N) is 2. The van der Waals surface area contributed by atoms with Crippen LogP contribution in [0.2, 0.25) is 0 Å². The number of ether oxygens (including phenoxy) is 1. The van der Waals surface area contributed by atoms with Gasteiger partial charge in [0.2, 0.25) is 0 Å². The molecule has 2 heterocycles. The lowest BCUT2D eigenvalue weighted by atomic mass is 9.79. The monoisotopic (exact) mass is 593 g/mol. The van der Waals surface area contributed by atoms with Crippen LogP contribution in [0.15, 0.2) is 84.9 Å². The topological polar surface area (TPSA) is 31.5 Å². The van der Waals surface area contributed by atoms with Gasteiger partial charge in [0.15, 0.2) is 5.60 Å². The first-order valence-electron chi connectivity index (χ1n) is 17.3. The summed E-state index contributed by atoms with van der Waals surface area (Å²) in [5.74, 6) is 0.933. The number of nitrogens with one attached hydrogen (secondary N) is 1. The average molecular weight is 594 g/mol. The molecule has 0 unspecified atom stereocenters. The maximum atomic E-state index is 7.41. The Balaban J connectivity index is 1.28. The van der Waals surface area contributed by atoms with E-state index in [-0.39, 0.29) is 0 Å². The summed E-state index contributed by atoms with van der Waals surface area (Å²) in [5, 5.41) is 1.23. The van der Waals surface area contributed by atoms with Crippen molar-refractivity contribution in [2.45, 2.75) is 81.9 Å². The summed E-state index contributed by atoms with van der Waals surface area (Å²) in [6, 6.07) is 32.9. The van der Waals surface area contributed by atoms with E-state index in [1.807, 2.05) is 0 Å². The lowest BCUT2D eigenvalue weighted by Gasteiger charge is -2.38. The van der Waals surface area contributed by atoms with Crippen molar-refractivity contribution in [1.82, 2.24) is 4.98 Å². The molecule has 5 aromatic rings. The summed E-state index contributed by atoms with van der Waals surface area (Å²) in [7, 11) is 4.61. The molecule has 2 fully saturated rings. The van der Waals surface area contributed by atoms with Crippen molar-refractivity contribution < 1.29 is 4.74 Å². The zero-order valence-corrected chi connectivity index (χ0v) is 26.6. The second-order valence-electron chi connectivity index (χ2n) is 14.0. The van der Waals surface area contributed by atoms with E-state index in [2.05, 4.69) is 114 Å². The van der Waals surface area contributed by atoms with E-state index in [1.54, 1.807) is 0 Å². The fourth-order valence-electron chi connectivity index (χ4n) is 9.13. The first-order chi connectivity index (χ1) is 22.1. The van der Waals surface area contributed by atoms with E-state index < -0.39 is 5.60 Å². The van der Waals surface area contributed by atoms with Gasteiger partial charge in [-0.25, -0.2) is 0 Å². The second kappa shape index (κ2) is 10.4. The summed E-state index contributed by atoms with van der Waals surface area (Å²) in [6.45, 7) is 0. The fraction of sp³-hybridized carbons (Fsp3) is 0.366. The molecular weight excluding hydrogens is 550 g/mol. The number of H-pyrrole nitrogens is 1. The van der Waals surface area contributed by atoms with Gasteiger partial charge in [0.1, 0.15) is 5.75 Å². The SMILES string of the molecule is CN(c1ccc2c(c1)-c1cc(N(C)C3CCCCC3)ccc1C21Oc2ccccc2-c2[nH]c3ccccc3c21)C1CCCCC1. The molecule has 4 heteroatoms. The number of hydrogen-bond acceptors (Lipinski definition) is 3. The molecule has 0 bridgehead atoms. The van der Waals surface area contributed by atoms with Gasteiger partial charge in [-0.1, -0.05) is 81.0 Å². The van der Waals surface area contributed by atoms with E-state index in [0.29, 0.717) is 12.1 Å². The van der Waals surface area contributed by atoms with Crippen LogP contribution in [0.3, 0.4) is 0 Å². The molecule has 9 rings (SSSR count). The third kappa shape index (κ3) is 4.03. The van der Waals surface area contributed by atoms with Gasteiger partial charge in [-0.05, 0) is 79.3 Å². The van der Waals surface area contributed by atoms with Crippen molar-refractivity contribution in [3.8, 4) is 28.1 Å². The molecule has 1 aliphatic heterocycles. The molecular formula is C41H43N3O. The lowest BCUT2D eigenvalue weighted by Crippen LogP contribution is -2.37. The molecule has 4 aromatic carbocycles. The maximum Gasteiger partial charge on any atom is 0.188 e. The Morgan fingerprint density at radius 2 is 1.18 bits per heavy atom. The van der Waals surface area contributed by atoms with Gasteiger partial charge >= 0.3 is 0 Å². The molecule has 0 atom stereocenters.